The van der Waals surface area contributed by atoms with E-state index in [9.17, 15) is 13.2 Å². The van der Waals surface area contributed by atoms with Gasteiger partial charge in [-0.2, -0.15) is 0 Å². The van der Waals surface area contributed by atoms with Gasteiger partial charge in [0.1, 0.15) is 0 Å². The number of allylic oxidation sites excluding steroid dienone is 2. The number of hydrogen-bond acceptors (Lipinski definition) is 4. The molecule has 2 aliphatic heterocycles. The van der Waals surface area contributed by atoms with Crippen molar-refractivity contribution in [1.82, 2.24) is 9.80 Å². The number of carbonyl (C=O) groups is 1. The van der Waals surface area contributed by atoms with Gasteiger partial charge < -0.3 is 9.80 Å². The van der Waals surface area contributed by atoms with E-state index in [1.165, 1.54) is 5.56 Å². The second-order valence-electron chi connectivity index (χ2n) is 6.15. The van der Waals surface area contributed by atoms with Gasteiger partial charge in [0.05, 0.1) is 11.3 Å². The van der Waals surface area contributed by atoms with E-state index in [0.717, 1.165) is 12.0 Å². The molecule has 3 rings (SSSR count). The van der Waals surface area contributed by atoms with Crippen molar-refractivity contribution in [3.05, 3.63) is 59.3 Å². The zero-order valence-electron chi connectivity index (χ0n) is 14.3. The molecule has 1 aromatic rings. The average molecular weight is 359 g/mol. The van der Waals surface area contributed by atoms with Gasteiger partial charge in [0, 0.05) is 26.3 Å². The predicted molar refractivity (Wildman–Crippen MR) is 97.4 cm³/mol. The molecule has 1 aromatic carbocycles. The van der Waals surface area contributed by atoms with Crippen LogP contribution in [0.25, 0.3) is 0 Å². The zero-order valence-corrected chi connectivity index (χ0v) is 15.2. The highest BCUT2D eigenvalue weighted by Gasteiger charge is 2.31. The number of nitrogens with zero attached hydrogens (tertiary/aromatic N) is 3. The third-order valence-electron chi connectivity index (χ3n) is 4.29. The number of rotatable bonds is 4. The molecule has 0 fully saturated rings. The molecule has 1 amide bonds. The highest BCUT2D eigenvalue weighted by Crippen LogP contribution is 2.20. The number of aryl methyl sites for hydroxylation is 1. The molecule has 0 saturated heterocycles. The van der Waals surface area contributed by atoms with Crippen molar-refractivity contribution in [3.8, 4) is 0 Å². The van der Waals surface area contributed by atoms with Crippen molar-refractivity contribution in [2.24, 2.45) is 4.40 Å². The molecule has 2 heterocycles. The van der Waals surface area contributed by atoms with Gasteiger partial charge in [0.2, 0.25) is 0 Å². The number of hydrogen-bond donors (Lipinski definition) is 0. The number of amidine groups is 1. The third-order valence-corrected chi connectivity index (χ3v) is 5.44. The lowest BCUT2D eigenvalue weighted by Crippen LogP contribution is -2.42. The molecule has 0 radical (unpaired) electrons. The quantitative estimate of drug-likeness (QED) is 0.821. The molecule has 0 bridgehead atoms. The van der Waals surface area contributed by atoms with Crippen molar-refractivity contribution in [3.63, 3.8) is 0 Å². The summed E-state index contributed by atoms with van der Waals surface area (Å²) in [6.07, 6.45) is 6.08. The minimum Gasteiger partial charge on any atom is -0.337 e. The largest absolute Gasteiger partial charge is 0.337 e. The van der Waals surface area contributed by atoms with Gasteiger partial charge in [-0.05, 0) is 29.7 Å². The van der Waals surface area contributed by atoms with Gasteiger partial charge >= 0.3 is 0 Å². The predicted octanol–water partition coefficient (Wildman–Crippen LogP) is 1.70. The molecule has 25 heavy (non-hydrogen) atoms. The van der Waals surface area contributed by atoms with E-state index in [4.69, 9.17) is 0 Å². The van der Waals surface area contributed by atoms with E-state index in [1.807, 2.05) is 12.1 Å². The van der Waals surface area contributed by atoms with Gasteiger partial charge in [-0.25, -0.2) is 8.42 Å². The number of fused-ring (bicyclic) bond motifs is 1. The lowest BCUT2D eigenvalue weighted by atomic mass is 10.1. The topological polar surface area (TPSA) is 70.1 Å². The summed E-state index contributed by atoms with van der Waals surface area (Å²) in [5.74, 6) is -0.0706. The monoisotopic (exact) mass is 359 g/mol. The standard InChI is InChI=1S/C18H21N3O3S/c1-3-14-6-8-15(9-7-14)13-20(2)18(22)16-5-4-10-21-11-12-25(23,24)19-17(16)21/h4-10H,3,11-13H2,1-2H3. The molecule has 0 aromatic heterocycles. The highest BCUT2D eigenvalue weighted by molar-refractivity contribution is 7.90. The van der Waals surface area contributed by atoms with E-state index in [0.29, 0.717) is 18.7 Å². The van der Waals surface area contributed by atoms with Gasteiger partial charge in [-0.1, -0.05) is 31.2 Å². The Bertz CT molecular complexity index is 867. The Hall–Kier alpha value is -2.41. The summed E-state index contributed by atoms with van der Waals surface area (Å²) >= 11 is 0. The summed E-state index contributed by atoms with van der Waals surface area (Å²) in [5.41, 5.74) is 2.57. The fourth-order valence-corrected chi connectivity index (χ4v) is 3.80. The van der Waals surface area contributed by atoms with Crippen LogP contribution in [0.3, 0.4) is 0 Å². The Morgan fingerprint density at radius 2 is 1.92 bits per heavy atom. The molecule has 0 saturated carbocycles. The summed E-state index contributed by atoms with van der Waals surface area (Å²) < 4.78 is 27.4. The third kappa shape index (κ3) is 3.82. The Labute approximate surface area is 148 Å². The van der Waals surface area contributed by atoms with E-state index in [-0.39, 0.29) is 17.5 Å². The molecular weight excluding hydrogens is 338 g/mol. The van der Waals surface area contributed by atoms with Crippen LogP contribution in [0, 0.1) is 0 Å². The first kappa shape index (κ1) is 17.4. The summed E-state index contributed by atoms with van der Waals surface area (Å²) in [4.78, 5) is 16.1. The minimum atomic E-state index is -3.51. The van der Waals surface area contributed by atoms with E-state index >= 15 is 0 Å². The van der Waals surface area contributed by atoms with Crippen molar-refractivity contribution in [2.75, 3.05) is 19.3 Å². The normalized spacial score (nSPS) is 18.2. The van der Waals surface area contributed by atoms with Crippen LogP contribution in [0.1, 0.15) is 18.1 Å². The molecule has 2 aliphatic rings. The lowest BCUT2D eigenvalue weighted by molar-refractivity contribution is -0.125. The maximum absolute atomic E-state index is 12.8. The molecule has 7 heteroatoms. The summed E-state index contributed by atoms with van der Waals surface area (Å²) in [6, 6.07) is 8.12. The molecule has 0 N–H and O–H groups in total. The maximum atomic E-state index is 12.8. The molecule has 0 atom stereocenters. The van der Waals surface area contributed by atoms with E-state index < -0.39 is 10.0 Å². The maximum Gasteiger partial charge on any atom is 0.257 e. The second kappa shape index (κ2) is 6.84. The number of benzene rings is 1. The van der Waals surface area contributed by atoms with Crippen LogP contribution in [0.4, 0.5) is 0 Å². The van der Waals surface area contributed by atoms with Crippen LogP contribution in [-0.4, -0.2) is 49.3 Å². The van der Waals surface area contributed by atoms with E-state index in [2.05, 4.69) is 23.5 Å². The Kier molecular flexibility index (Phi) is 4.76. The first-order valence-corrected chi connectivity index (χ1v) is 9.82. The SMILES string of the molecule is CCc1ccc(CN(C)C(=O)C2=CC=CN3CCS(=O)(=O)N=C23)cc1. The van der Waals surface area contributed by atoms with Crippen molar-refractivity contribution < 1.29 is 13.2 Å². The Morgan fingerprint density at radius 3 is 2.60 bits per heavy atom. The number of carbonyl (C=O) groups excluding carboxylic acids is 1. The van der Waals surface area contributed by atoms with Crippen LogP contribution in [-0.2, 0) is 27.8 Å². The van der Waals surface area contributed by atoms with E-state index in [1.54, 1.807) is 35.2 Å². The second-order valence-corrected chi connectivity index (χ2v) is 7.90. The molecule has 0 unspecified atom stereocenters. The minimum absolute atomic E-state index is 0.0398. The van der Waals surface area contributed by atoms with Gasteiger partial charge in [-0.3, -0.25) is 4.79 Å². The number of likely N-dealkylation sites (N-methyl/N-ethyl adjacent to an activating group) is 1. The highest BCUT2D eigenvalue weighted by atomic mass is 32.2. The first-order chi connectivity index (χ1) is 11.9. The van der Waals surface area contributed by atoms with Crippen molar-refractivity contribution in [2.45, 2.75) is 19.9 Å². The zero-order chi connectivity index (χ0) is 18.0. The van der Waals surface area contributed by atoms with Crippen molar-refractivity contribution in [1.29, 1.82) is 0 Å². The van der Waals surface area contributed by atoms with Gasteiger partial charge in [-0.15, -0.1) is 4.40 Å². The van der Waals surface area contributed by atoms with Crippen LogP contribution in [0.15, 0.2) is 52.6 Å². The number of sulfonamides is 1. The fourth-order valence-electron chi connectivity index (χ4n) is 2.81. The molecule has 0 spiro atoms. The van der Waals surface area contributed by atoms with Crippen LogP contribution < -0.4 is 0 Å². The summed E-state index contributed by atoms with van der Waals surface area (Å²) in [5, 5.41) is 0. The Balaban J connectivity index is 1.80. The van der Waals surface area contributed by atoms with Crippen molar-refractivity contribution >= 4 is 21.8 Å². The summed E-state index contributed by atoms with van der Waals surface area (Å²) in [7, 11) is -1.81. The first-order valence-electron chi connectivity index (χ1n) is 8.21. The Morgan fingerprint density at radius 1 is 1.24 bits per heavy atom. The van der Waals surface area contributed by atoms with Crippen LogP contribution >= 0.6 is 0 Å². The molecule has 0 aliphatic carbocycles. The number of amides is 1. The fraction of sp³-hybridized carbons (Fsp3) is 0.333. The smallest absolute Gasteiger partial charge is 0.257 e. The lowest BCUT2D eigenvalue weighted by Gasteiger charge is -2.30. The summed E-state index contributed by atoms with van der Waals surface area (Å²) in [6.45, 7) is 2.85. The molecule has 6 nitrogen and oxygen atoms in total. The average Bonchev–Trinajstić information content (AvgIpc) is 2.60. The molecule has 132 valence electrons. The van der Waals surface area contributed by atoms with Gasteiger partial charge in [0.25, 0.3) is 15.9 Å². The van der Waals surface area contributed by atoms with Crippen LogP contribution in [0.2, 0.25) is 0 Å². The van der Waals surface area contributed by atoms with Gasteiger partial charge in [0.15, 0.2) is 5.84 Å². The van der Waals surface area contributed by atoms with Crippen LogP contribution in [0.5, 0.6) is 0 Å². The molecular formula is C18H21N3O3S.